The van der Waals surface area contributed by atoms with Crippen molar-refractivity contribution in [3.8, 4) is 0 Å². The second-order valence-electron chi connectivity index (χ2n) is 3.16. The number of rotatable bonds is 1. The molecule has 13 heavy (non-hydrogen) atoms. The molecule has 1 aromatic carbocycles. The van der Waals surface area contributed by atoms with E-state index in [0.717, 1.165) is 31.3 Å². The fourth-order valence-corrected chi connectivity index (χ4v) is 1.80. The van der Waals surface area contributed by atoms with Gasteiger partial charge in [-0.2, -0.15) is 0 Å². The summed E-state index contributed by atoms with van der Waals surface area (Å²) in [7, 11) is 0. The van der Waals surface area contributed by atoms with Gasteiger partial charge in [0.1, 0.15) is 0 Å². The van der Waals surface area contributed by atoms with Crippen LogP contribution in [0, 0.1) is 0 Å². The molecule has 0 saturated carbocycles. The molecular formula is C12H13Cl. The number of benzene rings is 1. The minimum Gasteiger partial charge on any atom is -0.0837 e. The number of allylic oxidation sites excluding steroid dienone is 2. The molecule has 2 rings (SSSR count). The van der Waals surface area contributed by atoms with Crippen molar-refractivity contribution >= 4 is 17.2 Å². The van der Waals surface area contributed by atoms with Gasteiger partial charge in [0, 0.05) is 5.02 Å². The lowest BCUT2D eigenvalue weighted by Gasteiger charge is -2.13. The van der Waals surface area contributed by atoms with Crippen molar-refractivity contribution in [2.75, 3.05) is 0 Å². The number of hydrogen-bond acceptors (Lipinski definition) is 0. The quantitative estimate of drug-likeness (QED) is 0.629. The van der Waals surface area contributed by atoms with Crippen LogP contribution in [0.4, 0.5) is 0 Å². The number of hydrogen-bond donors (Lipinski definition) is 0. The van der Waals surface area contributed by atoms with Gasteiger partial charge < -0.3 is 0 Å². The summed E-state index contributed by atoms with van der Waals surface area (Å²) in [6.45, 7) is 0. The molecule has 1 aliphatic rings. The van der Waals surface area contributed by atoms with E-state index in [1.165, 1.54) is 0 Å². The van der Waals surface area contributed by atoms with E-state index in [1.807, 2.05) is 6.08 Å². The third-order valence-electron chi connectivity index (χ3n) is 2.25. The van der Waals surface area contributed by atoms with Gasteiger partial charge in [-0.1, -0.05) is 35.8 Å². The van der Waals surface area contributed by atoms with E-state index >= 15 is 0 Å². The van der Waals surface area contributed by atoms with E-state index in [4.69, 9.17) is 17.1 Å². The van der Waals surface area contributed by atoms with Crippen LogP contribution in [0.3, 0.4) is 0 Å². The molecular weight excluding hydrogens is 180 g/mol. The Kier molecular flexibility index (Phi) is 1.59. The highest BCUT2D eigenvalue weighted by Crippen LogP contribution is 2.30. The van der Waals surface area contributed by atoms with Crippen LogP contribution in [0.5, 0.6) is 0 Å². The van der Waals surface area contributed by atoms with Crippen LogP contribution in [0.2, 0.25) is 5.02 Å². The molecule has 0 atom stereocenters. The van der Waals surface area contributed by atoms with E-state index in [-0.39, 0.29) is 29.2 Å². The van der Waals surface area contributed by atoms with E-state index < -0.39 is 0 Å². The Balaban J connectivity index is 2.65. The predicted molar refractivity (Wildman–Crippen MR) is 57.9 cm³/mol. The fraction of sp³-hybridized carbons (Fsp3) is 0.333. The normalized spacial score (nSPS) is 21.2. The molecule has 0 amide bonds. The Morgan fingerprint density at radius 3 is 2.85 bits per heavy atom. The van der Waals surface area contributed by atoms with Crippen LogP contribution in [0.1, 0.15) is 36.7 Å². The van der Waals surface area contributed by atoms with Crippen LogP contribution in [0.15, 0.2) is 30.2 Å². The van der Waals surface area contributed by atoms with Crippen molar-refractivity contribution in [2.45, 2.75) is 25.7 Å². The van der Waals surface area contributed by atoms with Crippen molar-refractivity contribution < 1.29 is 5.48 Å². The van der Waals surface area contributed by atoms with E-state index in [0.29, 0.717) is 5.56 Å². The molecule has 68 valence electrons. The monoisotopic (exact) mass is 196 g/mol. The Bertz CT molecular complexity index is 465. The van der Waals surface area contributed by atoms with Gasteiger partial charge in [-0.3, -0.25) is 0 Å². The topological polar surface area (TPSA) is 0 Å². The SMILES string of the molecule is [2H]c1c([2H])c([2H])c(C2=CCCCC2)c(Cl)c1[2H]. The summed E-state index contributed by atoms with van der Waals surface area (Å²) in [6, 6.07) is -0.640. The Hall–Kier alpha value is -0.750. The highest BCUT2D eigenvalue weighted by atomic mass is 35.5. The zero-order valence-electron chi connectivity index (χ0n) is 11.3. The van der Waals surface area contributed by atoms with Gasteiger partial charge in [0.15, 0.2) is 0 Å². The summed E-state index contributed by atoms with van der Waals surface area (Å²) in [4.78, 5) is 0. The first-order valence-corrected chi connectivity index (χ1v) is 4.87. The summed E-state index contributed by atoms with van der Waals surface area (Å²) in [5.41, 5.74) is 1.44. The molecule has 0 saturated heterocycles. The molecule has 1 heteroatoms. The van der Waals surface area contributed by atoms with Crippen molar-refractivity contribution in [2.24, 2.45) is 0 Å². The molecule has 0 nitrogen and oxygen atoms in total. The third-order valence-corrected chi connectivity index (χ3v) is 2.54. The van der Waals surface area contributed by atoms with Crippen LogP contribution in [-0.2, 0) is 0 Å². The highest BCUT2D eigenvalue weighted by molar-refractivity contribution is 6.32. The van der Waals surface area contributed by atoms with Gasteiger partial charge in [-0.15, -0.1) is 0 Å². The molecule has 0 heterocycles. The lowest BCUT2D eigenvalue weighted by molar-refractivity contribution is 0.742. The minimum atomic E-state index is -0.264. The molecule has 0 aromatic heterocycles. The van der Waals surface area contributed by atoms with Gasteiger partial charge >= 0.3 is 0 Å². The smallest absolute Gasteiger partial charge is 0.0639 e. The highest BCUT2D eigenvalue weighted by Gasteiger charge is 2.08. The first-order chi connectivity index (χ1) is 8.04. The zero-order valence-corrected chi connectivity index (χ0v) is 8.04. The van der Waals surface area contributed by atoms with E-state index in [2.05, 4.69) is 0 Å². The maximum atomic E-state index is 7.89. The number of halogens is 1. The Morgan fingerprint density at radius 2 is 2.08 bits per heavy atom. The molecule has 1 aromatic rings. The Morgan fingerprint density at radius 1 is 1.23 bits per heavy atom. The zero-order chi connectivity index (χ0) is 12.6. The lowest BCUT2D eigenvalue weighted by atomic mass is 9.94. The average molecular weight is 197 g/mol. The second-order valence-corrected chi connectivity index (χ2v) is 3.54. The standard InChI is InChI=1S/C12H13Cl/c13-12-9-5-4-8-11(12)10-6-2-1-3-7-10/h4-6,8-9H,1-3,7H2/i4D,5D,8D,9D. The molecule has 0 fully saturated rings. The summed E-state index contributed by atoms with van der Waals surface area (Å²) in [6.07, 6.45) is 6.00. The fourth-order valence-electron chi connectivity index (χ4n) is 1.58. The molecule has 0 aliphatic heterocycles. The van der Waals surface area contributed by atoms with E-state index in [1.54, 1.807) is 0 Å². The van der Waals surface area contributed by atoms with Gasteiger partial charge in [0.25, 0.3) is 0 Å². The third kappa shape index (κ3) is 1.94. The average Bonchev–Trinajstić information content (AvgIpc) is 2.36. The minimum absolute atomic E-state index is 0.0239. The van der Waals surface area contributed by atoms with Crippen LogP contribution < -0.4 is 0 Å². The second kappa shape index (κ2) is 3.97. The predicted octanol–water partition coefficient (Wildman–Crippen LogP) is 4.30. The van der Waals surface area contributed by atoms with Crippen LogP contribution in [0.25, 0.3) is 5.57 Å². The first kappa shape index (κ1) is 5.21. The summed E-state index contributed by atoms with van der Waals surface area (Å²) in [5, 5.41) is 0.143. The molecule has 0 N–H and O–H groups in total. The van der Waals surface area contributed by atoms with Crippen molar-refractivity contribution in [1.82, 2.24) is 0 Å². The van der Waals surface area contributed by atoms with E-state index in [9.17, 15) is 0 Å². The molecule has 0 spiro atoms. The van der Waals surface area contributed by atoms with Gasteiger partial charge in [0.2, 0.25) is 0 Å². The van der Waals surface area contributed by atoms with Gasteiger partial charge in [0.05, 0.1) is 5.48 Å². The molecule has 0 unspecified atom stereocenters. The Labute approximate surface area is 89.8 Å². The molecule has 0 radical (unpaired) electrons. The molecule has 1 aliphatic carbocycles. The maximum Gasteiger partial charge on any atom is 0.0639 e. The van der Waals surface area contributed by atoms with Crippen molar-refractivity contribution in [3.05, 3.63) is 40.8 Å². The van der Waals surface area contributed by atoms with Crippen LogP contribution >= 0.6 is 11.6 Å². The summed E-state index contributed by atoms with van der Waals surface area (Å²) in [5.74, 6) is 0. The van der Waals surface area contributed by atoms with Crippen molar-refractivity contribution in [3.63, 3.8) is 0 Å². The van der Waals surface area contributed by atoms with Crippen molar-refractivity contribution in [1.29, 1.82) is 0 Å². The first-order valence-electron chi connectivity index (χ1n) is 6.49. The van der Waals surface area contributed by atoms with Gasteiger partial charge in [-0.25, -0.2) is 0 Å². The summed E-state index contributed by atoms with van der Waals surface area (Å²) < 4.78 is 30.8. The van der Waals surface area contributed by atoms with Gasteiger partial charge in [-0.05, 0) is 42.9 Å². The lowest BCUT2D eigenvalue weighted by Crippen LogP contribution is -1.92. The molecule has 0 bridgehead atoms. The van der Waals surface area contributed by atoms with Crippen LogP contribution in [-0.4, -0.2) is 0 Å². The largest absolute Gasteiger partial charge is 0.0837 e. The maximum absolute atomic E-state index is 7.89. The summed E-state index contributed by atoms with van der Waals surface area (Å²) >= 11 is 6.06.